The van der Waals surface area contributed by atoms with Crippen molar-refractivity contribution in [3.8, 4) is 0 Å². The first kappa shape index (κ1) is 9.70. The summed E-state index contributed by atoms with van der Waals surface area (Å²) in [5.74, 6) is 0. The molecule has 13 heavy (non-hydrogen) atoms. The Bertz CT molecular complexity index is 295. The summed E-state index contributed by atoms with van der Waals surface area (Å²) in [5.41, 5.74) is 0.0583. The van der Waals surface area contributed by atoms with E-state index in [4.69, 9.17) is 0 Å². The van der Waals surface area contributed by atoms with Gasteiger partial charge >= 0.3 is 5.69 Å². The summed E-state index contributed by atoms with van der Waals surface area (Å²) in [4.78, 5) is 9.92. The third kappa shape index (κ3) is 2.27. The molecule has 0 aliphatic carbocycles. The maximum Gasteiger partial charge on any atom is 0.307 e. The molecular formula is C8H13N3O2. The molecule has 1 rings (SSSR count). The first-order valence-electron chi connectivity index (χ1n) is 4.33. The Labute approximate surface area is 76.5 Å². The molecule has 0 aliphatic rings. The predicted octanol–water partition coefficient (Wildman–Crippen LogP) is 2.15. The molecule has 0 saturated carbocycles. The third-order valence-electron chi connectivity index (χ3n) is 1.96. The summed E-state index contributed by atoms with van der Waals surface area (Å²) in [6.07, 6.45) is 4.79. The summed E-state index contributed by atoms with van der Waals surface area (Å²) in [6.45, 7) is 4.08. The van der Waals surface area contributed by atoms with E-state index in [0.717, 1.165) is 12.8 Å². The molecule has 0 N–H and O–H groups in total. The normalized spacial score (nSPS) is 12.8. The summed E-state index contributed by atoms with van der Waals surface area (Å²) in [5, 5.41) is 14.3. The van der Waals surface area contributed by atoms with E-state index in [1.807, 2.05) is 6.92 Å². The van der Waals surface area contributed by atoms with Crippen LogP contribution in [0.2, 0.25) is 0 Å². The molecule has 0 bridgehead atoms. The number of nitro groups is 1. The Morgan fingerprint density at radius 2 is 2.46 bits per heavy atom. The summed E-state index contributed by atoms with van der Waals surface area (Å²) >= 11 is 0. The van der Waals surface area contributed by atoms with Gasteiger partial charge < -0.3 is 0 Å². The van der Waals surface area contributed by atoms with E-state index >= 15 is 0 Å². The molecule has 0 saturated heterocycles. The number of aromatic nitrogens is 2. The highest BCUT2D eigenvalue weighted by Gasteiger charge is 2.11. The third-order valence-corrected chi connectivity index (χ3v) is 1.96. The van der Waals surface area contributed by atoms with Gasteiger partial charge in [-0.3, -0.25) is 14.8 Å². The molecule has 5 nitrogen and oxygen atoms in total. The van der Waals surface area contributed by atoms with Gasteiger partial charge in [-0.2, -0.15) is 5.10 Å². The van der Waals surface area contributed by atoms with E-state index in [-0.39, 0.29) is 11.7 Å². The van der Waals surface area contributed by atoms with Crippen molar-refractivity contribution in [1.82, 2.24) is 9.78 Å². The van der Waals surface area contributed by atoms with Crippen molar-refractivity contribution in [3.05, 3.63) is 22.5 Å². The number of hydrogen-bond acceptors (Lipinski definition) is 3. The fourth-order valence-corrected chi connectivity index (χ4v) is 1.21. The quantitative estimate of drug-likeness (QED) is 0.530. The predicted molar refractivity (Wildman–Crippen MR) is 48.5 cm³/mol. The van der Waals surface area contributed by atoms with Gasteiger partial charge in [0.15, 0.2) is 0 Å². The van der Waals surface area contributed by atoms with Gasteiger partial charge in [0.1, 0.15) is 12.4 Å². The molecular weight excluding hydrogens is 170 g/mol. The Balaban J connectivity index is 2.73. The van der Waals surface area contributed by atoms with E-state index < -0.39 is 4.92 Å². The minimum Gasteiger partial charge on any atom is -0.263 e. The lowest BCUT2D eigenvalue weighted by molar-refractivity contribution is -0.385. The largest absolute Gasteiger partial charge is 0.307 e. The minimum absolute atomic E-state index is 0.0583. The van der Waals surface area contributed by atoms with Crippen molar-refractivity contribution in [2.24, 2.45) is 0 Å². The topological polar surface area (TPSA) is 61.0 Å². The Morgan fingerprint density at radius 1 is 1.77 bits per heavy atom. The molecule has 72 valence electrons. The maximum absolute atomic E-state index is 10.3. The van der Waals surface area contributed by atoms with Crippen LogP contribution in [0.25, 0.3) is 0 Å². The van der Waals surface area contributed by atoms with Gasteiger partial charge in [-0.15, -0.1) is 0 Å². The fourth-order valence-electron chi connectivity index (χ4n) is 1.21. The highest BCUT2D eigenvalue weighted by Crippen LogP contribution is 2.15. The van der Waals surface area contributed by atoms with E-state index in [0.29, 0.717) is 0 Å². The Kier molecular flexibility index (Phi) is 3.00. The molecule has 0 fully saturated rings. The minimum atomic E-state index is -0.428. The van der Waals surface area contributed by atoms with E-state index in [2.05, 4.69) is 12.0 Å². The highest BCUT2D eigenvalue weighted by atomic mass is 16.6. The van der Waals surface area contributed by atoms with Crippen molar-refractivity contribution in [3.63, 3.8) is 0 Å². The van der Waals surface area contributed by atoms with Crippen LogP contribution in [0.1, 0.15) is 32.7 Å². The molecule has 1 heterocycles. The van der Waals surface area contributed by atoms with Crippen molar-refractivity contribution in [1.29, 1.82) is 0 Å². The van der Waals surface area contributed by atoms with Crippen LogP contribution in [0, 0.1) is 10.1 Å². The average molecular weight is 183 g/mol. The monoisotopic (exact) mass is 183 g/mol. The van der Waals surface area contributed by atoms with Gasteiger partial charge in [-0.1, -0.05) is 13.3 Å². The molecule has 0 radical (unpaired) electrons. The van der Waals surface area contributed by atoms with Gasteiger partial charge in [0.25, 0.3) is 0 Å². The zero-order chi connectivity index (χ0) is 9.84. The van der Waals surface area contributed by atoms with Crippen molar-refractivity contribution in [2.45, 2.75) is 32.7 Å². The van der Waals surface area contributed by atoms with Crippen LogP contribution in [0.4, 0.5) is 5.69 Å². The average Bonchev–Trinajstić information content (AvgIpc) is 2.52. The van der Waals surface area contributed by atoms with Gasteiger partial charge in [0, 0.05) is 6.04 Å². The summed E-state index contributed by atoms with van der Waals surface area (Å²) in [6, 6.07) is 0.235. The maximum atomic E-state index is 10.3. The van der Waals surface area contributed by atoms with Gasteiger partial charge in [-0.25, -0.2) is 0 Å². The number of nitrogens with zero attached hydrogens (tertiary/aromatic N) is 3. The SMILES string of the molecule is CCC[C@@H](C)n1cc([N+](=O)[O-])cn1. The second kappa shape index (κ2) is 4.02. The lowest BCUT2D eigenvalue weighted by Crippen LogP contribution is -2.04. The smallest absolute Gasteiger partial charge is 0.263 e. The van der Waals surface area contributed by atoms with Crippen LogP contribution in [-0.4, -0.2) is 14.7 Å². The summed E-state index contributed by atoms with van der Waals surface area (Å²) < 4.78 is 1.64. The molecule has 1 atom stereocenters. The second-order valence-electron chi connectivity index (χ2n) is 3.07. The highest BCUT2D eigenvalue weighted by molar-refractivity contribution is 5.20. The van der Waals surface area contributed by atoms with Gasteiger partial charge in [0.05, 0.1) is 4.92 Å². The van der Waals surface area contributed by atoms with E-state index in [1.165, 1.54) is 12.4 Å². The van der Waals surface area contributed by atoms with Gasteiger partial charge in [0.2, 0.25) is 0 Å². The molecule has 0 spiro atoms. The molecule has 5 heteroatoms. The standard InChI is InChI=1S/C8H13N3O2/c1-3-4-7(2)10-6-8(5-9-10)11(12)13/h5-7H,3-4H2,1-2H3/t7-/m1/s1. The zero-order valence-electron chi connectivity index (χ0n) is 7.80. The van der Waals surface area contributed by atoms with Crippen molar-refractivity contribution < 1.29 is 4.92 Å². The lowest BCUT2D eigenvalue weighted by Gasteiger charge is -2.08. The van der Waals surface area contributed by atoms with Crippen molar-refractivity contribution >= 4 is 5.69 Å². The van der Waals surface area contributed by atoms with Crippen LogP contribution in [0.5, 0.6) is 0 Å². The molecule has 0 amide bonds. The first-order chi connectivity index (χ1) is 6.15. The summed E-state index contributed by atoms with van der Waals surface area (Å²) in [7, 11) is 0. The molecule has 0 aromatic carbocycles. The van der Waals surface area contributed by atoms with Crippen molar-refractivity contribution in [2.75, 3.05) is 0 Å². The molecule has 0 unspecified atom stereocenters. The van der Waals surface area contributed by atoms with Crippen LogP contribution in [0.15, 0.2) is 12.4 Å². The molecule has 1 aromatic rings. The zero-order valence-corrected chi connectivity index (χ0v) is 7.80. The van der Waals surface area contributed by atoms with Crippen LogP contribution in [-0.2, 0) is 0 Å². The second-order valence-corrected chi connectivity index (χ2v) is 3.07. The van der Waals surface area contributed by atoms with Crippen LogP contribution < -0.4 is 0 Å². The van der Waals surface area contributed by atoms with Crippen LogP contribution >= 0.6 is 0 Å². The Morgan fingerprint density at radius 3 is 2.92 bits per heavy atom. The fraction of sp³-hybridized carbons (Fsp3) is 0.625. The number of rotatable bonds is 4. The van der Waals surface area contributed by atoms with Crippen LogP contribution in [0.3, 0.4) is 0 Å². The molecule has 1 aromatic heterocycles. The lowest BCUT2D eigenvalue weighted by atomic mass is 10.2. The molecule has 0 aliphatic heterocycles. The van der Waals surface area contributed by atoms with E-state index in [9.17, 15) is 10.1 Å². The van der Waals surface area contributed by atoms with Gasteiger partial charge in [-0.05, 0) is 13.3 Å². The Hall–Kier alpha value is -1.39. The van der Waals surface area contributed by atoms with E-state index in [1.54, 1.807) is 4.68 Å². The number of hydrogen-bond donors (Lipinski definition) is 0. The first-order valence-corrected chi connectivity index (χ1v) is 4.33.